The summed E-state index contributed by atoms with van der Waals surface area (Å²) in [5, 5.41) is 1.09. The number of benzene rings is 1. The largest absolute Gasteiger partial charge is 0.497 e. The lowest BCUT2D eigenvalue weighted by molar-refractivity contribution is 0.185. The van der Waals surface area contributed by atoms with E-state index in [1.807, 2.05) is 25.1 Å². The smallest absolute Gasteiger partial charge is 0.225 e. The second-order valence-corrected chi connectivity index (χ2v) is 6.77. The molecule has 0 bridgehead atoms. The van der Waals surface area contributed by atoms with Crippen molar-refractivity contribution in [3.05, 3.63) is 23.9 Å². The molecule has 0 aliphatic carbocycles. The number of piperidine rings is 1. The van der Waals surface area contributed by atoms with E-state index in [9.17, 15) is 0 Å². The zero-order valence-corrected chi connectivity index (χ0v) is 15.2. The van der Waals surface area contributed by atoms with Gasteiger partial charge in [-0.2, -0.15) is 0 Å². The molecule has 1 saturated heterocycles. The van der Waals surface area contributed by atoms with Crippen molar-refractivity contribution in [2.45, 2.75) is 26.7 Å². The SMILES string of the molecule is CCN1CCC[C@@H](CN(C)c2nc(C)c3ccc(OC)cc3n2)C1. The molecule has 1 aromatic carbocycles. The highest BCUT2D eigenvalue weighted by molar-refractivity contribution is 5.83. The van der Waals surface area contributed by atoms with Gasteiger partial charge in [0.2, 0.25) is 5.95 Å². The van der Waals surface area contributed by atoms with Crippen molar-refractivity contribution in [3.8, 4) is 5.75 Å². The lowest BCUT2D eigenvalue weighted by Gasteiger charge is -2.34. The number of likely N-dealkylation sites (tertiary alicyclic amines) is 1. The number of aromatic nitrogens is 2. The normalized spacial score (nSPS) is 18.8. The standard InChI is InChI=1S/C19H28N4O/c1-5-23-10-6-7-15(13-23)12-22(3)19-20-14(2)17-9-8-16(24-4)11-18(17)21-19/h8-9,11,15H,5-7,10,12-13H2,1-4H3/t15-/m0/s1. The van der Waals surface area contributed by atoms with E-state index in [0.29, 0.717) is 5.92 Å². The van der Waals surface area contributed by atoms with Crippen molar-refractivity contribution in [3.63, 3.8) is 0 Å². The molecule has 2 aromatic rings. The van der Waals surface area contributed by atoms with E-state index in [-0.39, 0.29) is 0 Å². The third kappa shape index (κ3) is 3.61. The fraction of sp³-hybridized carbons (Fsp3) is 0.579. The van der Waals surface area contributed by atoms with Crippen LogP contribution in [0.15, 0.2) is 18.2 Å². The summed E-state index contributed by atoms with van der Waals surface area (Å²) in [7, 11) is 3.79. The first-order valence-corrected chi connectivity index (χ1v) is 8.86. The third-order valence-corrected chi connectivity index (χ3v) is 5.01. The van der Waals surface area contributed by atoms with Gasteiger partial charge in [-0.25, -0.2) is 9.97 Å². The Morgan fingerprint density at radius 3 is 2.92 bits per heavy atom. The first kappa shape index (κ1) is 17.0. The van der Waals surface area contributed by atoms with Crippen LogP contribution in [-0.2, 0) is 0 Å². The number of fused-ring (bicyclic) bond motifs is 1. The van der Waals surface area contributed by atoms with Gasteiger partial charge in [0.1, 0.15) is 5.75 Å². The highest BCUT2D eigenvalue weighted by atomic mass is 16.5. The molecule has 0 N–H and O–H groups in total. The molecule has 0 saturated carbocycles. The van der Waals surface area contributed by atoms with Gasteiger partial charge in [0.25, 0.3) is 0 Å². The second kappa shape index (κ2) is 7.34. The van der Waals surface area contributed by atoms with Gasteiger partial charge < -0.3 is 14.5 Å². The number of ether oxygens (including phenoxy) is 1. The molecule has 24 heavy (non-hydrogen) atoms. The van der Waals surface area contributed by atoms with Crippen molar-refractivity contribution >= 4 is 16.9 Å². The summed E-state index contributed by atoms with van der Waals surface area (Å²) in [6.07, 6.45) is 2.59. The van der Waals surface area contributed by atoms with E-state index in [0.717, 1.165) is 41.4 Å². The number of hydrogen-bond donors (Lipinski definition) is 0. The monoisotopic (exact) mass is 328 g/mol. The van der Waals surface area contributed by atoms with Crippen LogP contribution in [0.25, 0.3) is 10.9 Å². The molecule has 1 atom stereocenters. The van der Waals surface area contributed by atoms with E-state index in [4.69, 9.17) is 14.7 Å². The Labute approximate surface area is 144 Å². The maximum absolute atomic E-state index is 5.33. The van der Waals surface area contributed by atoms with Crippen LogP contribution in [0.3, 0.4) is 0 Å². The van der Waals surface area contributed by atoms with E-state index in [2.05, 4.69) is 23.8 Å². The molecule has 130 valence electrons. The van der Waals surface area contributed by atoms with Crippen LogP contribution >= 0.6 is 0 Å². The predicted molar refractivity (Wildman–Crippen MR) is 98.9 cm³/mol. The number of nitrogens with zero attached hydrogens (tertiary/aromatic N) is 4. The average molecular weight is 328 g/mol. The van der Waals surface area contributed by atoms with Crippen LogP contribution < -0.4 is 9.64 Å². The highest BCUT2D eigenvalue weighted by Crippen LogP contribution is 2.24. The number of aryl methyl sites for hydroxylation is 1. The lowest BCUT2D eigenvalue weighted by Crippen LogP contribution is -2.40. The van der Waals surface area contributed by atoms with Gasteiger partial charge in [-0.15, -0.1) is 0 Å². The summed E-state index contributed by atoms with van der Waals surface area (Å²) in [4.78, 5) is 14.2. The zero-order chi connectivity index (χ0) is 17.1. The summed E-state index contributed by atoms with van der Waals surface area (Å²) >= 11 is 0. The van der Waals surface area contributed by atoms with E-state index in [1.165, 1.54) is 25.9 Å². The number of hydrogen-bond acceptors (Lipinski definition) is 5. The van der Waals surface area contributed by atoms with Crippen LogP contribution in [0, 0.1) is 12.8 Å². The second-order valence-electron chi connectivity index (χ2n) is 6.77. The molecule has 0 radical (unpaired) electrons. The molecule has 0 unspecified atom stereocenters. The molecule has 5 heteroatoms. The van der Waals surface area contributed by atoms with E-state index >= 15 is 0 Å². The van der Waals surface area contributed by atoms with Crippen LogP contribution in [-0.4, -0.2) is 55.2 Å². The summed E-state index contributed by atoms with van der Waals surface area (Å²) in [6.45, 7) is 8.86. The fourth-order valence-corrected chi connectivity index (χ4v) is 3.61. The molecular formula is C19H28N4O. The minimum atomic E-state index is 0.689. The Bertz CT molecular complexity index is 703. The fourth-order valence-electron chi connectivity index (χ4n) is 3.61. The molecule has 1 aliphatic heterocycles. The van der Waals surface area contributed by atoms with Crippen molar-refractivity contribution in [2.75, 3.05) is 45.2 Å². The third-order valence-electron chi connectivity index (χ3n) is 5.01. The van der Waals surface area contributed by atoms with Gasteiger partial charge >= 0.3 is 0 Å². The quantitative estimate of drug-likeness (QED) is 0.843. The van der Waals surface area contributed by atoms with Gasteiger partial charge in [0.05, 0.1) is 18.3 Å². The maximum Gasteiger partial charge on any atom is 0.225 e. The summed E-state index contributed by atoms with van der Waals surface area (Å²) in [5.41, 5.74) is 1.96. The topological polar surface area (TPSA) is 41.5 Å². The molecule has 2 heterocycles. The number of anilines is 1. The average Bonchev–Trinajstić information content (AvgIpc) is 2.61. The summed E-state index contributed by atoms with van der Waals surface area (Å²) < 4.78 is 5.33. The van der Waals surface area contributed by atoms with Gasteiger partial charge in [-0.1, -0.05) is 6.92 Å². The summed E-state index contributed by atoms with van der Waals surface area (Å²) in [6, 6.07) is 5.98. The highest BCUT2D eigenvalue weighted by Gasteiger charge is 2.21. The van der Waals surface area contributed by atoms with Crippen LogP contribution in [0.4, 0.5) is 5.95 Å². The van der Waals surface area contributed by atoms with Crippen molar-refractivity contribution in [2.24, 2.45) is 5.92 Å². The lowest BCUT2D eigenvalue weighted by atomic mass is 9.97. The Morgan fingerprint density at radius 1 is 1.33 bits per heavy atom. The van der Waals surface area contributed by atoms with E-state index in [1.54, 1.807) is 7.11 Å². The minimum absolute atomic E-state index is 0.689. The Balaban J connectivity index is 1.80. The number of methoxy groups -OCH3 is 1. The molecule has 5 nitrogen and oxygen atoms in total. The zero-order valence-electron chi connectivity index (χ0n) is 15.2. The summed E-state index contributed by atoms with van der Waals surface area (Å²) in [5.74, 6) is 2.33. The van der Waals surface area contributed by atoms with Gasteiger partial charge in [-0.3, -0.25) is 0 Å². The predicted octanol–water partition coefficient (Wildman–Crippen LogP) is 3.11. The van der Waals surface area contributed by atoms with Crippen LogP contribution in [0.5, 0.6) is 5.75 Å². The molecule has 0 spiro atoms. The molecule has 1 aliphatic rings. The Morgan fingerprint density at radius 2 is 2.17 bits per heavy atom. The van der Waals surface area contributed by atoms with Gasteiger partial charge in [0.15, 0.2) is 0 Å². The minimum Gasteiger partial charge on any atom is -0.497 e. The Kier molecular flexibility index (Phi) is 5.19. The van der Waals surface area contributed by atoms with Gasteiger partial charge in [0, 0.05) is 31.6 Å². The van der Waals surface area contributed by atoms with Crippen molar-refractivity contribution in [1.29, 1.82) is 0 Å². The van der Waals surface area contributed by atoms with Crippen LogP contribution in [0.1, 0.15) is 25.5 Å². The molecule has 3 rings (SSSR count). The molecule has 1 fully saturated rings. The maximum atomic E-state index is 5.33. The molecule has 0 amide bonds. The van der Waals surface area contributed by atoms with Crippen LogP contribution in [0.2, 0.25) is 0 Å². The molecular weight excluding hydrogens is 300 g/mol. The number of rotatable bonds is 5. The first-order valence-electron chi connectivity index (χ1n) is 8.86. The van der Waals surface area contributed by atoms with E-state index < -0.39 is 0 Å². The molecule has 1 aromatic heterocycles. The van der Waals surface area contributed by atoms with Gasteiger partial charge in [-0.05, 0) is 50.9 Å². The van der Waals surface area contributed by atoms with Crippen molar-refractivity contribution < 1.29 is 4.74 Å². The van der Waals surface area contributed by atoms with Crippen molar-refractivity contribution in [1.82, 2.24) is 14.9 Å². The first-order chi connectivity index (χ1) is 11.6. The Hall–Kier alpha value is -1.88.